The van der Waals surface area contributed by atoms with Gasteiger partial charge in [-0.1, -0.05) is 11.6 Å². The van der Waals surface area contributed by atoms with Crippen molar-refractivity contribution in [2.45, 2.75) is 19.4 Å². The van der Waals surface area contributed by atoms with Gasteiger partial charge in [-0.25, -0.2) is 4.79 Å². The summed E-state index contributed by atoms with van der Waals surface area (Å²) in [4.78, 5) is 11.2. The molecule has 0 radical (unpaired) electrons. The molecule has 1 heterocycles. The molecular formula is C13H17ClN2O3. The van der Waals surface area contributed by atoms with Crippen molar-refractivity contribution in [3.05, 3.63) is 22.7 Å². The summed E-state index contributed by atoms with van der Waals surface area (Å²) in [5.74, 6) is -0.692. The predicted octanol–water partition coefficient (Wildman–Crippen LogP) is 2.46. The lowest BCUT2D eigenvalue weighted by atomic mass is 10.0. The minimum atomic E-state index is -1.05. The number of carbonyl (C=O) groups is 1. The van der Waals surface area contributed by atoms with Gasteiger partial charge in [0.2, 0.25) is 0 Å². The van der Waals surface area contributed by atoms with E-state index in [9.17, 15) is 9.90 Å². The van der Waals surface area contributed by atoms with Gasteiger partial charge in [0.15, 0.2) is 0 Å². The quantitative estimate of drug-likeness (QED) is 0.740. The van der Waals surface area contributed by atoms with Crippen LogP contribution in [0.4, 0.5) is 11.4 Å². The van der Waals surface area contributed by atoms with Crippen molar-refractivity contribution >= 4 is 28.9 Å². The molecule has 2 atom stereocenters. The zero-order valence-electron chi connectivity index (χ0n) is 10.6. The Morgan fingerprint density at radius 1 is 1.63 bits per heavy atom. The average molecular weight is 285 g/mol. The Morgan fingerprint density at radius 3 is 2.95 bits per heavy atom. The maximum Gasteiger partial charge on any atom is 0.337 e. The van der Waals surface area contributed by atoms with Gasteiger partial charge in [0, 0.05) is 24.8 Å². The van der Waals surface area contributed by atoms with E-state index in [1.165, 1.54) is 6.07 Å². The topological polar surface area (TPSA) is 84.6 Å². The molecular weight excluding hydrogens is 268 g/mol. The van der Waals surface area contributed by atoms with Gasteiger partial charge in [-0.05, 0) is 25.5 Å². The second kappa shape index (κ2) is 5.67. The van der Waals surface area contributed by atoms with Crippen LogP contribution in [-0.4, -0.2) is 30.3 Å². The molecule has 0 aromatic heterocycles. The summed E-state index contributed by atoms with van der Waals surface area (Å²) in [6, 6.07) is 2.95. The Balaban J connectivity index is 2.17. The fourth-order valence-corrected chi connectivity index (χ4v) is 2.55. The zero-order valence-corrected chi connectivity index (χ0v) is 11.4. The van der Waals surface area contributed by atoms with Gasteiger partial charge in [0.1, 0.15) is 0 Å². The van der Waals surface area contributed by atoms with Gasteiger partial charge >= 0.3 is 5.97 Å². The Hall–Kier alpha value is -1.46. The maximum absolute atomic E-state index is 11.2. The van der Waals surface area contributed by atoms with Crippen LogP contribution < -0.4 is 11.1 Å². The second-order valence-corrected chi connectivity index (χ2v) is 5.14. The van der Waals surface area contributed by atoms with Crippen LogP contribution in [0.5, 0.6) is 0 Å². The van der Waals surface area contributed by atoms with Gasteiger partial charge in [0.05, 0.1) is 22.4 Å². The predicted molar refractivity (Wildman–Crippen MR) is 74.8 cm³/mol. The first kappa shape index (κ1) is 14.0. The molecule has 19 heavy (non-hydrogen) atoms. The van der Waals surface area contributed by atoms with E-state index in [-0.39, 0.29) is 11.7 Å². The highest BCUT2D eigenvalue weighted by molar-refractivity contribution is 6.34. The first-order valence-corrected chi connectivity index (χ1v) is 6.54. The van der Waals surface area contributed by atoms with Crippen LogP contribution in [0.2, 0.25) is 5.02 Å². The molecule has 0 spiro atoms. The monoisotopic (exact) mass is 284 g/mol. The molecule has 0 bridgehead atoms. The van der Waals surface area contributed by atoms with Crippen LogP contribution in [0.25, 0.3) is 0 Å². The smallest absolute Gasteiger partial charge is 0.337 e. The molecule has 104 valence electrons. The summed E-state index contributed by atoms with van der Waals surface area (Å²) in [5.41, 5.74) is 6.46. The highest BCUT2D eigenvalue weighted by Gasteiger charge is 2.25. The number of nitrogens with two attached hydrogens (primary N) is 1. The number of rotatable bonds is 4. The molecule has 0 amide bonds. The Kier molecular flexibility index (Phi) is 4.17. The van der Waals surface area contributed by atoms with Crippen LogP contribution >= 0.6 is 11.6 Å². The summed E-state index contributed by atoms with van der Waals surface area (Å²) in [6.45, 7) is 3.39. The van der Waals surface area contributed by atoms with E-state index < -0.39 is 5.97 Å². The number of hydrogen-bond acceptors (Lipinski definition) is 4. The minimum Gasteiger partial charge on any atom is -0.478 e. The van der Waals surface area contributed by atoms with Crippen LogP contribution in [-0.2, 0) is 4.74 Å². The first-order chi connectivity index (χ1) is 8.99. The number of hydrogen-bond donors (Lipinski definition) is 3. The number of carboxylic acids is 1. The fraction of sp³-hybridized carbons (Fsp3) is 0.462. The lowest BCUT2D eigenvalue weighted by Gasteiger charge is -2.18. The van der Waals surface area contributed by atoms with E-state index in [0.717, 1.165) is 13.0 Å². The third-order valence-electron chi connectivity index (χ3n) is 3.42. The van der Waals surface area contributed by atoms with Crippen molar-refractivity contribution in [3.63, 3.8) is 0 Å². The Labute approximate surface area is 116 Å². The van der Waals surface area contributed by atoms with E-state index in [1.807, 2.05) is 6.92 Å². The summed E-state index contributed by atoms with van der Waals surface area (Å²) in [6.07, 6.45) is 1.14. The number of benzene rings is 1. The van der Waals surface area contributed by atoms with E-state index in [1.54, 1.807) is 6.07 Å². The minimum absolute atomic E-state index is 0.0940. The molecule has 2 rings (SSSR count). The Bertz CT molecular complexity index is 493. The molecule has 4 N–H and O–H groups in total. The van der Waals surface area contributed by atoms with Crippen LogP contribution in [0.1, 0.15) is 23.7 Å². The largest absolute Gasteiger partial charge is 0.478 e. The molecule has 1 aliphatic heterocycles. The van der Waals surface area contributed by atoms with Gasteiger partial charge in [-0.15, -0.1) is 0 Å². The van der Waals surface area contributed by atoms with Crippen molar-refractivity contribution in [1.82, 2.24) is 0 Å². The molecule has 1 aromatic carbocycles. The number of nitrogens with one attached hydrogen (secondary N) is 1. The third kappa shape index (κ3) is 3.11. The maximum atomic E-state index is 11.2. The summed E-state index contributed by atoms with van der Waals surface area (Å²) < 4.78 is 5.47. The van der Waals surface area contributed by atoms with Gasteiger partial charge in [-0.3, -0.25) is 0 Å². The average Bonchev–Trinajstić information content (AvgIpc) is 2.73. The van der Waals surface area contributed by atoms with Crippen molar-refractivity contribution in [1.29, 1.82) is 0 Å². The number of nitrogen functional groups attached to an aromatic ring is 1. The second-order valence-electron chi connectivity index (χ2n) is 4.74. The van der Waals surface area contributed by atoms with E-state index in [4.69, 9.17) is 22.1 Å². The first-order valence-electron chi connectivity index (χ1n) is 6.17. The molecule has 1 aromatic rings. The fourth-order valence-electron chi connectivity index (χ4n) is 2.25. The number of halogens is 1. The van der Waals surface area contributed by atoms with Crippen molar-refractivity contribution in [2.75, 3.05) is 24.2 Å². The van der Waals surface area contributed by atoms with E-state index in [2.05, 4.69) is 5.32 Å². The van der Waals surface area contributed by atoms with Crippen LogP contribution in [0.15, 0.2) is 12.1 Å². The highest BCUT2D eigenvalue weighted by atomic mass is 35.5. The van der Waals surface area contributed by atoms with Gasteiger partial charge in [-0.2, -0.15) is 0 Å². The van der Waals surface area contributed by atoms with Crippen LogP contribution in [0.3, 0.4) is 0 Å². The number of anilines is 2. The molecule has 0 aliphatic carbocycles. The summed E-state index contributed by atoms with van der Waals surface area (Å²) in [7, 11) is 0. The molecule has 0 saturated carbocycles. The SMILES string of the molecule is CC1OCCC1CNc1c(Cl)cc(N)cc1C(=O)O. The molecule has 1 fully saturated rings. The van der Waals surface area contributed by atoms with Crippen molar-refractivity contribution < 1.29 is 14.6 Å². The van der Waals surface area contributed by atoms with Crippen molar-refractivity contribution in [3.8, 4) is 0 Å². The lowest BCUT2D eigenvalue weighted by molar-refractivity contribution is 0.0698. The summed E-state index contributed by atoms with van der Waals surface area (Å²) >= 11 is 6.06. The van der Waals surface area contributed by atoms with Gasteiger partial charge in [0.25, 0.3) is 0 Å². The number of carboxylic acid groups (broad SMARTS) is 1. The number of ether oxygens (including phenoxy) is 1. The third-order valence-corrected chi connectivity index (χ3v) is 3.72. The van der Waals surface area contributed by atoms with Gasteiger partial charge < -0.3 is 20.9 Å². The standard InChI is InChI=1S/C13H17ClN2O3/c1-7-8(2-3-19-7)6-16-12-10(13(17)18)4-9(15)5-11(12)14/h4-5,7-8,16H,2-3,6,15H2,1H3,(H,17,18). The zero-order chi connectivity index (χ0) is 14.0. The van der Waals surface area contributed by atoms with Crippen molar-refractivity contribution in [2.24, 2.45) is 5.92 Å². The molecule has 5 nitrogen and oxygen atoms in total. The molecule has 1 aliphatic rings. The van der Waals surface area contributed by atoms with E-state index in [0.29, 0.717) is 28.9 Å². The normalized spacial score (nSPS) is 22.4. The molecule has 6 heteroatoms. The summed E-state index contributed by atoms with van der Waals surface area (Å²) in [5, 5.41) is 12.6. The van der Waals surface area contributed by atoms with Crippen LogP contribution in [0, 0.1) is 5.92 Å². The number of aromatic carboxylic acids is 1. The van der Waals surface area contributed by atoms with E-state index >= 15 is 0 Å². The molecule has 1 saturated heterocycles. The Morgan fingerprint density at radius 2 is 2.37 bits per heavy atom. The highest BCUT2D eigenvalue weighted by Crippen LogP contribution is 2.30. The molecule has 2 unspecified atom stereocenters. The lowest BCUT2D eigenvalue weighted by Crippen LogP contribution is -2.22.